The minimum absolute atomic E-state index is 0.292. The molecule has 0 bridgehead atoms. The zero-order chi connectivity index (χ0) is 49.7. The highest BCUT2D eigenvalue weighted by Crippen LogP contribution is 2.45. The molecular weight excluding hydrogens is 901 g/mol. The molecule has 0 radical (unpaired) electrons. The van der Waals surface area contributed by atoms with Crippen LogP contribution in [0, 0.1) is 0 Å². The summed E-state index contributed by atoms with van der Waals surface area (Å²) in [6.45, 7) is 0. The van der Waals surface area contributed by atoms with Gasteiger partial charge < -0.3 is 28.4 Å². The first-order valence-electron chi connectivity index (χ1n) is 26.6. The van der Waals surface area contributed by atoms with E-state index in [0.29, 0.717) is 34.5 Å². The van der Waals surface area contributed by atoms with E-state index in [4.69, 9.17) is 28.4 Å². The average Bonchev–Trinajstić information content (AvgIpc) is 3.38. The van der Waals surface area contributed by atoms with Gasteiger partial charge in [0.2, 0.25) is 0 Å². The molecule has 9 heteroatoms. The third-order valence-corrected chi connectivity index (χ3v) is 14.7. The van der Waals surface area contributed by atoms with Crippen LogP contribution in [0.25, 0.3) is 0 Å². The van der Waals surface area contributed by atoms with Crippen LogP contribution < -0.4 is 28.4 Å². The van der Waals surface area contributed by atoms with Crippen LogP contribution in [0.15, 0.2) is 158 Å². The summed E-state index contributed by atoms with van der Waals surface area (Å²) < 4.78 is 33.5. The smallest absolute Gasteiger partial charge is 0.395 e. The van der Waals surface area contributed by atoms with E-state index in [0.717, 1.165) is 73.6 Å². The second-order valence-electron chi connectivity index (χ2n) is 19.6. The minimum Gasteiger partial charge on any atom is -0.395 e. The van der Waals surface area contributed by atoms with Gasteiger partial charge in [-0.2, -0.15) is 0 Å². The van der Waals surface area contributed by atoms with Crippen LogP contribution in [0.3, 0.4) is 0 Å². The predicted octanol–water partition coefficient (Wildman–Crippen LogP) is 17.6. The van der Waals surface area contributed by atoms with Crippen molar-refractivity contribution in [2.45, 2.75) is 152 Å². The lowest BCUT2D eigenvalue weighted by Gasteiger charge is -2.36. The second kappa shape index (κ2) is 26.5. The number of rotatable bonds is 10. The summed E-state index contributed by atoms with van der Waals surface area (Å²) in [6, 6.07) is 49.3. The molecule has 0 saturated heterocycles. The minimum atomic E-state index is -0.806. The van der Waals surface area contributed by atoms with Gasteiger partial charge in [0.05, 0.1) is 0 Å². The van der Waals surface area contributed by atoms with Gasteiger partial charge in [0.1, 0.15) is 34.5 Å². The monoisotopic (exact) mass is 971 g/mol. The van der Waals surface area contributed by atoms with Crippen LogP contribution in [0.5, 0.6) is 34.5 Å². The molecule has 0 aromatic heterocycles. The van der Waals surface area contributed by atoms with Crippen molar-refractivity contribution in [3.63, 3.8) is 0 Å². The molecule has 6 aromatic rings. The van der Waals surface area contributed by atoms with Gasteiger partial charge in [-0.15, -0.1) is 0 Å². The van der Waals surface area contributed by atoms with Crippen LogP contribution in [0.1, 0.15) is 164 Å². The Balaban J connectivity index is 0.965. The highest BCUT2D eigenvalue weighted by Gasteiger charge is 2.35. The molecule has 2 aliphatic rings. The molecule has 0 atom stereocenters. The van der Waals surface area contributed by atoms with Gasteiger partial charge in [0.15, 0.2) is 0 Å². The van der Waals surface area contributed by atoms with Crippen LogP contribution in [0.2, 0.25) is 0 Å². The molecular formula is C63H70O9. The maximum absolute atomic E-state index is 13.4. The number of carbonyl (C=O) groups is 3. The maximum Gasteiger partial charge on any atom is 0.519 e. The molecule has 2 aliphatic carbocycles. The topological polar surface area (TPSA) is 107 Å². The third kappa shape index (κ3) is 14.6. The summed E-state index contributed by atoms with van der Waals surface area (Å²) in [5, 5.41) is 0. The summed E-state index contributed by atoms with van der Waals surface area (Å²) >= 11 is 0. The lowest BCUT2D eigenvalue weighted by molar-refractivity contribution is 0.150. The SMILES string of the molecule is O=C(Oc1ccccc1)Oc1ccc(C2(c3ccc(OC(=O)Oc4ccc(C5(c6ccc(OC(=O)Oc7ccccc7)cc6)CCCCCCCCCCC5)cc4)cc3)CCCCCCCCCCC2)cc1. The van der Waals surface area contributed by atoms with Crippen molar-refractivity contribution >= 4 is 18.5 Å². The second-order valence-corrected chi connectivity index (χ2v) is 19.6. The van der Waals surface area contributed by atoms with Gasteiger partial charge in [0.25, 0.3) is 0 Å². The molecule has 0 amide bonds. The van der Waals surface area contributed by atoms with E-state index in [9.17, 15) is 14.4 Å². The quantitative estimate of drug-likeness (QED) is 0.0980. The van der Waals surface area contributed by atoms with E-state index < -0.39 is 18.5 Å². The summed E-state index contributed by atoms with van der Waals surface area (Å²) in [4.78, 5) is 38.7. The van der Waals surface area contributed by atoms with Crippen molar-refractivity contribution < 1.29 is 42.8 Å². The maximum atomic E-state index is 13.4. The molecule has 9 nitrogen and oxygen atoms in total. The van der Waals surface area contributed by atoms with Crippen LogP contribution >= 0.6 is 0 Å². The van der Waals surface area contributed by atoms with Gasteiger partial charge in [0, 0.05) is 10.8 Å². The number of benzene rings is 6. The molecule has 2 saturated carbocycles. The number of hydrogen-bond donors (Lipinski definition) is 0. The number of carbonyl (C=O) groups excluding carboxylic acids is 3. The molecule has 0 unspecified atom stereocenters. The van der Waals surface area contributed by atoms with E-state index in [1.165, 1.54) is 89.9 Å². The highest BCUT2D eigenvalue weighted by atomic mass is 16.7. The summed E-state index contributed by atoms with van der Waals surface area (Å²) in [5.41, 5.74) is 4.04. The first kappa shape index (κ1) is 51.5. The Bertz CT molecular complexity index is 2370. The molecule has 8 rings (SSSR count). The molecule has 2 fully saturated rings. The van der Waals surface area contributed by atoms with Crippen molar-refractivity contribution in [2.75, 3.05) is 0 Å². The fourth-order valence-corrected chi connectivity index (χ4v) is 10.9. The molecule has 0 N–H and O–H groups in total. The van der Waals surface area contributed by atoms with Crippen LogP contribution in [-0.4, -0.2) is 18.5 Å². The van der Waals surface area contributed by atoms with E-state index in [2.05, 4.69) is 48.5 Å². The average molecular weight is 971 g/mol. The highest BCUT2D eigenvalue weighted by molar-refractivity contribution is 5.69. The Kier molecular flexibility index (Phi) is 19.0. The van der Waals surface area contributed by atoms with Gasteiger partial charge in [-0.05, 0) is 121 Å². The molecule has 0 spiro atoms. The Morgan fingerprint density at radius 3 is 0.625 bits per heavy atom. The number of ether oxygens (including phenoxy) is 6. The van der Waals surface area contributed by atoms with Crippen molar-refractivity contribution in [2.24, 2.45) is 0 Å². The van der Waals surface area contributed by atoms with E-state index >= 15 is 0 Å². The zero-order valence-electron chi connectivity index (χ0n) is 41.7. The summed E-state index contributed by atoms with van der Waals surface area (Å²) in [6.07, 6.45) is 23.1. The van der Waals surface area contributed by atoms with Gasteiger partial charge in [-0.25, -0.2) is 14.4 Å². The molecule has 376 valence electrons. The van der Waals surface area contributed by atoms with Gasteiger partial charge in [-0.3, -0.25) is 0 Å². The van der Waals surface area contributed by atoms with Crippen molar-refractivity contribution in [1.29, 1.82) is 0 Å². The van der Waals surface area contributed by atoms with Gasteiger partial charge in [-0.1, -0.05) is 201 Å². The number of para-hydroxylation sites is 2. The normalized spacial score (nSPS) is 16.9. The largest absolute Gasteiger partial charge is 0.519 e. The van der Waals surface area contributed by atoms with E-state index in [1.807, 2.05) is 60.7 Å². The zero-order valence-corrected chi connectivity index (χ0v) is 41.7. The Labute approximate surface area is 426 Å². The van der Waals surface area contributed by atoms with Crippen molar-refractivity contribution in [3.8, 4) is 34.5 Å². The first-order chi connectivity index (χ1) is 35.4. The molecule has 0 heterocycles. The lowest BCUT2D eigenvalue weighted by Crippen LogP contribution is -2.28. The predicted molar refractivity (Wildman–Crippen MR) is 282 cm³/mol. The Morgan fingerprint density at radius 1 is 0.236 bits per heavy atom. The number of hydrogen-bond acceptors (Lipinski definition) is 9. The van der Waals surface area contributed by atoms with Crippen molar-refractivity contribution in [1.82, 2.24) is 0 Å². The fourth-order valence-electron chi connectivity index (χ4n) is 10.9. The summed E-state index contributed by atoms with van der Waals surface area (Å²) in [7, 11) is 0. The van der Waals surface area contributed by atoms with Crippen molar-refractivity contribution in [3.05, 3.63) is 180 Å². The Morgan fingerprint density at radius 2 is 0.417 bits per heavy atom. The third-order valence-electron chi connectivity index (χ3n) is 14.7. The fraction of sp³-hybridized carbons (Fsp3) is 0.381. The molecule has 6 aromatic carbocycles. The standard InChI is InChI=1S/C63H70O9/c64-59(67-53-25-17-15-18-26-53)69-55-37-29-49(30-38-55)62(45-21-11-7-3-1-4-8-12-22-46-62)51-33-41-57(42-34-51)71-61(66)72-58-43-35-52(36-44-58)63(47-23-13-9-5-2-6-10-14-24-48-63)50-31-39-56(40-32-50)70-60(65)68-54-27-19-16-20-28-54/h15-20,25-44H,1-14,21-24,45-48H2. The molecule has 0 aliphatic heterocycles. The Hall–Kier alpha value is -6.87. The van der Waals surface area contributed by atoms with E-state index in [1.54, 1.807) is 48.5 Å². The molecule has 72 heavy (non-hydrogen) atoms. The first-order valence-corrected chi connectivity index (χ1v) is 26.6. The lowest BCUT2D eigenvalue weighted by atomic mass is 9.67. The van der Waals surface area contributed by atoms with E-state index in [-0.39, 0.29) is 10.8 Å². The van der Waals surface area contributed by atoms with Crippen LogP contribution in [-0.2, 0) is 10.8 Å². The summed E-state index contributed by atoms with van der Waals surface area (Å²) in [5.74, 6) is 2.47. The van der Waals surface area contributed by atoms with Gasteiger partial charge >= 0.3 is 18.5 Å². The van der Waals surface area contributed by atoms with Crippen LogP contribution in [0.4, 0.5) is 14.4 Å².